The zero-order valence-corrected chi connectivity index (χ0v) is 16.6. The Morgan fingerprint density at radius 1 is 1.14 bits per heavy atom. The van der Waals surface area contributed by atoms with Crippen LogP contribution in [0, 0.1) is 13.8 Å². The highest BCUT2D eigenvalue weighted by molar-refractivity contribution is 6.30. The summed E-state index contributed by atoms with van der Waals surface area (Å²) in [4.78, 5) is 33.6. The minimum absolute atomic E-state index is 0.0214. The number of amides is 1. The van der Waals surface area contributed by atoms with Crippen molar-refractivity contribution >= 4 is 34.3 Å². The third-order valence-corrected chi connectivity index (χ3v) is 5.54. The zero-order valence-electron chi connectivity index (χ0n) is 15.8. The summed E-state index contributed by atoms with van der Waals surface area (Å²) in [7, 11) is 0. The van der Waals surface area contributed by atoms with Crippen LogP contribution in [0.5, 0.6) is 0 Å². The summed E-state index contributed by atoms with van der Waals surface area (Å²) < 4.78 is 6.84. The third-order valence-electron chi connectivity index (χ3n) is 5.29. The molecule has 146 valence electrons. The van der Waals surface area contributed by atoms with E-state index in [0.29, 0.717) is 35.0 Å². The first kappa shape index (κ1) is 18.6. The van der Waals surface area contributed by atoms with Crippen LogP contribution in [0.1, 0.15) is 11.3 Å². The van der Waals surface area contributed by atoms with Gasteiger partial charge < -0.3 is 14.2 Å². The third kappa shape index (κ3) is 3.38. The SMILES string of the molecule is Cc1oc2ncn(CC(=O)N3CCN(c4ccc(Cl)cc4)CC3)c(=O)c2c1C. The number of benzene rings is 1. The average Bonchev–Trinajstić information content (AvgIpc) is 2.99. The van der Waals surface area contributed by atoms with Crippen LogP contribution in [0.2, 0.25) is 5.02 Å². The number of anilines is 1. The first-order chi connectivity index (χ1) is 13.4. The Kier molecular flexibility index (Phi) is 4.85. The largest absolute Gasteiger partial charge is 0.443 e. The smallest absolute Gasteiger partial charge is 0.265 e. The van der Waals surface area contributed by atoms with Crippen molar-refractivity contribution in [2.45, 2.75) is 20.4 Å². The minimum Gasteiger partial charge on any atom is -0.443 e. The topological polar surface area (TPSA) is 71.6 Å². The lowest BCUT2D eigenvalue weighted by atomic mass is 10.2. The molecule has 0 atom stereocenters. The Balaban J connectivity index is 1.44. The van der Waals surface area contributed by atoms with E-state index in [1.54, 1.807) is 11.8 Å². The summed E-state index contributed by atoms with van der Waals surface area (Å²) >= 11 is 5.94. The second-order valence-corrected chi connectivity index (χ2v) is 7.42. The summed E-state index contributed by atoms with van der Waals surface area (Å²) in [6.07, 6.45) is 1.38. The molecule has 0 unspecified atom stereocenters. The van der Waals surface area contributed by atoms with E-state index in [9.17, 15) is 9.59 Å². The summed E-state index contributed by atoms with van der Waals surface area (Å²) in [6, 6.07) is 7.69. The van der Waals surface area contributed by atoms with E-state index in [2.05, 4.69) is 9.88 Å². The van der Waals surface area contributed by atoms with Crippen molar-refractivity contribution in [2.24, 2.45) is 0 Å². The molecule has 0 radical (unpaired) electrons. The number of nitrogens with zero attached hydrogens (tertiary/aromatic N) is 4. The molecule has 3 heterocycles. The molecule has 4 rings (SSSR count). The van der Waals surface area contributed by atoms with Crippen LogP contribution in [-0.4, -0.2) is 46.5 Å². The predicted octanol–water partition coefficient (Wildman–Crippen LogP) is 2.61. The minimum atomic E-state index is -0.243. The molecule has 1 amide bonds. The molecule has 1 aliphatic heterocycles. The normalized spacial score (nSPS) is 14.7. The van der Waals surface area contributed by atoms with Crippen LogP contribution in [0.15, 0.2) is 39.8 Å². The second kappa shape index (κ2) is 7.31. The van der Waals surface area contributed by atoms with Gasteiger partial charge in [0.25, 0.3) is 5.56 Å². The summed E-state index contributed by atoms with van der Waals surface area (Å²) in [5.41, 5.74) is 1.94. The molecule has 1 aliphatic rings. The fraction of sp³-hybridized carbons (Fsp3) is 0.350. The first-order valence-electron chi connectivity index (χ1n) is 9.17. The van der Waals surface area contributed by atoms with Crippen molar-refractivity contribution in [3.8, 4) is 0 Å². The van der Waals surface area contributed by atoms with Gasteiger partial charge in [0.2, 0.25) is 11.6 Å². The molecule has 3 aromatic rings. The fourth-order valence-electron chi connectivity index (χ4n) is 3.49. The maximum absolute atomic E-state index is 12.7. The number of hydrogen-bond acceptors (Lipinski definition) is 5. The van der Waals surface area contributed by atoms with Gasteiger partial charge in [-0.2, -0.15) is 0 Å². The van der Waals surface area contributed by atoms with Crippen LogP contribution < -0.4 is 10.5 Å². The highest BCUT2D eigenvalue weighted by Crippen LogP contribution is 2.20. The molecule has 0 bridgehead atoms. The van der Waals surface area contributed by atoms with Gasteiger partial charge in [0.15, 0.2) is 0 Å². The predicted molar refractivity (Wildman–Crippen MR) is 108 cm³/mol. The molecule has 0 N–H and O–H groups in total. The Morgan fingerprint density at radius 3 is 2.50 bits per heavy atom. The van der Waals surface area contributed by atoms with Crippen LogP contribution in [0.4, 0.5) is 5.69 Å². The molecule has 1 saturated heterocycles. The van der Waals surface area contributed by atoms with E-state index in [1.807, 2.05) is 31.2 Å². The molecule has 0 aliphatic carbocycles. The summed E-state index contributed by atoms with van der Waals surface area (Å²) in [6.45, 7) is 6.29. The Hall–Kier alpha value is -2.80. The first-order valence-corrected chi connectivity index (χ1v) is 9.55. The number of rotatable bonds is 3. The number of piperazine rings is 1. The molecule has 1 fully saturated rings. The number of fused-ring (bicyclic) bond motifs is 1. The van der Waals surface area contributed by atoms with E-state index >= 15 is 0 Å². The van der Waals surface area contributed by atoms with E-state index in [4.69, 9.17) is 16.0 Å². The monoisotopic (exact) mass is 400 g/mol. The number of carbonyl (C=O) groups excluding carboxylic acids is 1. The zero-order chi connectivity index (χ0) is 19.8. The van der Waals surface area contributed by atoms with Crippen LogP contribution in [0.25, 0.3) is 11.1 Å². The molecule has 2 aromatic heterocycles. The average molecular weight is 401 g/mol. The van der Waals surface area contributed by atoms with E-state index in [-0.39, 0.29) is 18.0 Å². The molecule has 28 heavy (non-hydrogen) atoms. The van der Waals surface area contributed by atoms with Gasteiger partial charge in [-0.25, -0.2) is 4.98 Å². The maximum atomic E-state index is 12.7. The molecule has 0 saturated carbocycles. The highest BCUT2D eigenvalue weighted by atomic mass is 35.5. The van der Waals surface area contributed by atoms with Gasteiger partial charge in [-0.05, 0) is 38.1 Å². The lowest BCUT2D eigenvalue weighted by Gasteiger charge is -2.36. The van der Waals surface area contributed by atoms with E-state index < -0.39 is 0 Å². The van der Waals surface area contributed by atoms with Gasteiger partial charge in [-0.1, -0.05) is 11.6 Å². The van der Waals surface area contributed by atoms with Crippen molar-refractivity contribution in [3.05, 3.63) is 57.3 Å². The Labute approximate surface area is 167 Å². The highest BCUT2D eigenvalue weighted by Gasteiger charge is 2.22. The van der Waals surface area contributed by atoms with Gasteiger partial charge in [0.1, 0.15) is 24.0 Å². The van der Waals surface area contributed by atoms with Crippen LogP contribution in [0.3, 0.4) is 0 Å². The fourth-order valence-corrected chi connectivity index (χ4v) is 3.62. The maximum Gasteiger partial charge on any atom is 0.265 e. The Morgan fingerprint density at radius 2 is 1.82 bits per heavy atom. The van der Waals surface area contributed by atoms with Gasteiger partial charge in [0.05, 0.1) is 0 Å². The quantitative estimate of drug-likeness (QED) is 0.675. The second-order valence-electron chi connectivity index (χ2n) is 6.99. The van der Waals surface area contributed by atoms with Gasteiger partial charge in [-0.3, -0.25) is 14.2 Å². The molecular weight excluding hydrogens is 380 g/mol. The summed E-state index contributed by atoms with van der Waals surface area (Å²) in [5.74, 6) is 0.582. The summed E-state index contributed by atoms with van der Waals surface area (Å²) in [5, 5.41) is 1.15. The molecular formula is C20H21ClN4O3. The number of hydrogen-bond donors (Lipinski definition) is 0. The standard InChI is InChI=1S/C20H21ClN4O3/c1-13-14(2)28-19-18(13)20(27)25(12-22-19)11-17(26)24-9-7-23(8-10-24)16-5-3-15(21)4-6-16/h3-6,12H,7-11H2,1-2H3. The van der Waals surface area contributed by atoms with Gasteiger partial charge >= 0.3 is 0 Å². The van der Waals surface area contributed by atoms with E-state index in [0.717, 1.165) is 24.3 Å². The van der Waals surface area contributed by atoms with Gasteiger partial charge in [-0.15, -0.1) is 0 Å². The lowest BCUT2D eigenvalue weighted by Crippen LogP contribution is -2.50. The van der Waals surface area contributed by atoms with Crippen molar-refractivity contribution in [2.75, 3.05) is 31.1 Å². The van der Waals surface area contributed by atoms with Crippen molar-refractivity contribution in [1.29, 1.82) is 0 Å². The number of halogens is 1. The van der Waals surface area contributed by atoms with Crippen molar-refractivity contribution in [3.63, 3.8) is 0 Å². The molecule has 8 heteroatoms. The van der Waals surface area contributed by atoms with Crippen LogP contribution in [-0.2, 0) is 11.3 Å². The van der Waals surface area contributed by atoms with Crippen molar-refractivity contribution < 1.29 is 9.21 Å². The molecule has 7 nitrogen and oxygen atoms in total. The Bertz CT molecular complexity index is 1080. The van der Waals surface area contributed by atoms with Crippen LogP contribution >= 0.6 is 11.6 Å². The molecule has 0 spiro atoms. The van der Waals surface area contributed by atoms with Crippen molar-refractivity contribution in [1.82, 2.24) is 14.5 Å². The number of carbonyl (C=O) groups is 1. The number of aromatic nitrogens is 2. The molecule has 1 aromatic carbocycles. The van der Waals surface area contributed by atoms with Gasteiger partial charge in [0, 0.05) is 42.5 Å². The lowest BCUT2D eigenvalue weighted by molar-refractivity contribution is -0.132. The number of furan rings is 1. The van der Waals surface area contributed by atoms with E-state index in [1.165, 1.54) is 10.9 Å². The number of aryl methyl sites for hydroxylation is 2.